The Bertz CT molecular complexity index is 639. The quantitative estimate of drug-likeness (QED) is 0.733. The fourth-order valence-corrected chi connectivity index (χ4v) is 4.29. The summed E-state index contributed by atoms with van der Waals surface area (Å²) in [4.78, 5) is 14.9. The smallest absolute Gasteiger partial charge is 0.265 e. The van der Waals surface area contributed by atoms with Crippen LogP contribution in [0.4, 0.5) is 5.69 Å². The van der Waals surface area contributed by atoms with Crippen LogP contribution in [0.3, 0.4) is 0 Å². The molecule has 21 heavy (non-hydrogen) atoms. The van der Waals surface area contributed by atoms with Crippen LogP contribution in [0, 0.1) is 0 Å². The van der Waals surface area contributed by atoms with E-state index in [1.54, 1.807) is 11.3 Å². The second-order valence-electron chi connectivity index (χ2n) is 5.42. The Morgan fingerprint density at radius 2 is 2.05 bits per heavy atom. The number of rotatable bonds is 3. The molecular formula is C17H18BrNOS. The first-order chi connectivity index (χ1) is 10.1. The highest BCUT2D eigenvalue weighted by molar-refractivity contribution is 9.09. The Kier molecular flexibility index (Phi) is 4.45. The second kappa shape index (κ2) is 6.32. The van der Waals surface area contributed by atoms with Crippen LogP contribution in [0.15, 0.2) is 30.3 Å². The molecule has 4 heteroatoms. The van der Waals surface area contributed by atoms with E-state index in [0.29, 0.717) is 0 Å². The van der Waals surface area contributed by atoms with E-state index in [9.17, 15) is 4.79 Å². The fraction of sp³-hybridized carbons (Fsp3) is 0.353. The first kappa shape index (κ1) is 14.8. The number of anilines is 1. The minimum Gasteiger partial charge on any atom is -0.321 e. The fourth-order valence-electron chi connectivity index (χ4n) is 2.74. The molecule has 2 aromatic rings. The minimum atomic E-state index is 0.00926. The van der Waals surface area contributed by atoms with Gasteiger partial charge in [-0.05, 0) is 55.9 Å². The molecule has 2 nitrogen and oxygen atoms in total. The van der Waals surface area contributed by atoms with Gasteiger partial charge in [0, 0.05) is 15.4 Å². The zero-order chi connectivity index (χ0) is 14.8. The molecule has 0 spiro atoms. The van der Waals surface area contributed by atoms with Crippen molar-refractivity contribution in [3.63, 3.8) is 0 Å². The summed E-state index contributed by atoms with van der Waals surface area (Å²) >= 11 is 5.23. The van der Waals surface area contributed by atoms with Crippen LogP contribution in [0.5, 0.6) is 0 Å². The van der Waals surface area contributed by atoms with Crippen molar-refractivity contribution in [1.82, 2.24) is 0 Å². The highest BCUT2D eigenvalue weighted by Crippen LogP contribution is 2.32. The molecule has 1 amide bonds. The number of hydrogen-bond donors (Lipinski definition) is 1. The van der Waals surface area contributed by atoms with Crippen LogP contribution in [-0.4, -0.2) is 5.91 Å². The van der Waals surface area contributed by atoms with Gasteiger partial charge in [-0.2, -0.15) is 0 Å². The predicted octanol–water partition coefficient (Wildman–Crippen LogP) is 5.34. The number of nitrogens with one attached hydrogen (secondary N) is 1. The highest BCUT2D eigenvalue weighted by Gasteiger charge is 2.18. The van der Waals surface area contributed by atoms with E-state index in [4.69, 9.17) is 0 Å². The molecule has 1 aliphatic carbocycles. The number of para-hydroxylation sites is 1. The molecule has 1 atom stereocenters. The molecule has 1 aliphatic rings. The molecule has 1 N–H and O–H groups in total. The van der Waals surface area contributed by atoms with E-state index in [0.717, 1.165) is 29.0 Å². The lowest BCUT2D eigenvalue weighted by Gasteiger charge is -2.12. The molecule has 3 rings (SSSR count). The van der Waals surface area contributed by atoms with Crippen molar-refractivity contribution in [3.8, 4) is 0 Å². The van der Waals surface area contributed by atoms with Crippen molar-refractivity contribution < 1.29 is 4.79 Å². The van der Waals surface area contributed by atoms with Gasteiger partial charge in [-0.1, -0.05) is 34.1 Å². The van der Waals surface area contributed by atoms with Gasteiger partial charge in [-0.25, -0.2) is 0 Å². The second-order valence-corrected chi connectivity index (χ2v) is 7.93. The molecule has 0 saturated carbocycles. The normalized spacial score (nSPS) is 15.3. The summed E-state index contributed by atoms with van der Waals surface area (Å²) in [6.45, 7) is 2.06. The molecule has 110 valence electrons. The molecular weight excluding hydrogens is 346 g/mol. The lowest BCUT2D eigenvalue weighted by Crippen LogP contribution is -2.11. The SMILES string of the molecule is CC(Br)c1ccccc1NC(=O)c1cc2c(s1)CCCC2. The molecule has 1 unspecified atom stereocenters. The van der Waals surface area contributed by atoms with Gasteiger partial charge in [0.25, 0.3) is 5.91 Å². The molecule has 0 fully saturated rings. The van der Waals surface area contributed by atoms with Crippen LogP contribution in [0.2, 0.25) is 0 Å². The van der Waals surface area contributed by atoms with Crippen molar-refractivity contribution in [1.29, 1.82) is 0 Å². The lowest BCUT2D eigenvalue weighted by atomic mass is 9.99. The maximum atomic E-state index is 12.5. The third-order valence-corrected chi connectivity index (χ3v) is 5.59. The summed E-state index contributed by atoms with van der Waals surface area (Å²) in [6, 6.07) is 10.0. The molecule has 1 aromatic heterocycles. The number of benzene rings is 1. The van der Waals surface area contributed by atoms with Crippen molar-refractivity contribution >= 4 is 38.9 Å². The maximum Gasteiger partial charge on any atom is 0.265 e. The Morgan fingerprint density at radius 3 is 2.81 bits per heavy atom. The number of halogens is 1. The third kappa shape index (κ3) is 3.22. The molecule has 1 aromatic carbocycles. The van der Waals surface area contributed by atoms with Gasteiger partial charge in [0.2, 0.25) is 0 Å². The van der Waals surface area contributed by atoms with E-state index in [1.807, 2.05) is 24.3 Å². The largest absolute Gasteiger partial charge is 0.321 e. The van der Waals surface area contributed by atoms with E-state index in [1.165, 1.54) is 23.3 Å². The van der Waals surface area contributed by atoms with Crippen molar-refractivity contribution in [2.45, 2.75) is 37.4 Å². The van der Waals surface area contributed by atoms with Crippen LogP contribution >= 0.6 is 27.3 Å². The van der Waals surface area contributed by atoms with Gasteiger partial charge < -0.3 is 5.32 Å². The molecule has 0 bridgehead atoms. The molecule has 1 heterocycles. The number of hydrogen-bond acceptors (Lipinski definition) is 2. The molecule has 0 saturated heterocycles. The third-order valence-electron chi connectivity index (χ3n) is 3.86. The number of alkyl halides is 1. The minimum absolute atomic E-state index is 0.00926. The number of thiophene rings is 1. The van der Waals surface area contributed by atoms with Crippen molar-refractivity contribution in [2.24, 2.45) is 0 Å². The maximum absolute atomic E-state index is 12.5. The van der Waals surface area contributed by atoms with Crippen molar-refractivity contribution in [2.75, 3.05) is 5.32 Å². The van der Waals surface area contributed by atoms with E-state index < -0.39 is 0 Å². The topological polar surface area (TPSA) is 29.1 Å². The van der Waals surface area contributed by atoms with Crippen molar-refractivity contribution in [3.05, 3.63) is 51.2 Å². The predicted molar refractivity (Wildman–Crippen MR) is 92.7 cm³/mol. The molecule has 0 radical (unpaired) electrons. The zero-order valence-electron chi connectivity index (χ0n) is 12.0. The van der Waals surface area contributed by atoms with Crippen LogP contribution in [0.1, 0.15) is 50.3 Å². The zero-order valence-corrected chi connectivity index (χ0v) is 14.4. The van der Waals surface area contributed by atoms with E-state index >= 15 is 0 Å². The number of fused-ring (bicyclic) bond motifs is 1. The Morgan fingerprint density at radius 1 is 1.29 bits per heavy atom. The summed E-state index contributed by atoms with van der Waals surface area (Å²) < 4.78 is 0. The monoisotopic (exact) mass is 363 g/mol. The van der Waals surface area contributed by atoms with Crippen LogP contribution in [-0.2, 0) is 12.8 Å². The van der Waals surface area contributed by atoms with Gasteiger partial charge in [-0.3, -0.25) is 4.79 Å². The summed E-state index contributed by atoms with van der Waals surface area (Å²) in [6.07, 6.45) is 4.74. The van der Waals surface area contributed by atoms with Gasteiger partial charge in [0.1, 0.15) is 0 Å². The average Bonchev–Trinajstić information content (AvgIpc) is 2.91. The first-order valence-electron chi connectivity index (χ1n) is 7.31. The first-order valence-corrected chi connectivity index (χ1v) is 9.04. The number of carbonyl (C=O) groups excluding carboxylic acids is 1. The molecule has 0 aliphatic heterocycles. The highest BCUT2D eigenvalue weighted by atomic mass is 79.9. The summed E-state index contributed by atoms with van der Waals surface area (Å²) in [5.74, 6) is 0.00926. The average molecular weight is 364 g/mol. The van der Waals surface area contributed by atoms with Crippen LogP contribution < -0.4 is 5.32 Å². The van der Waals surface area contributed by atoms with Gasteiger partial charge in [-0.15, -0.1) is 11.3 Å². The number of amides is 1. The standard InChI is InChI=1S/C17H18BrNOS/c1-11(18)13-7-3-4-8-14(13)19-17(20)16-10-12-6-2-5-9-15(12)21-16/h3-4,7-8,10-11H,2,5-6,9H2,1H3,(H,19,20). The number of aryl methyl sites for hydroxylation is 2. The Hall–Kier alpha value is -1.13. The summed E-state index contributed by atoms with van der Waals surface area (Å²) in [5.41, 5.74) is 3.36. The van der Waals surface area contributed by atoms with Gasteiger partial charge >= 0.3 is 0 Å². The van der Waals surface area contributed by atoms with E-state index in [2.05, 4.69) is 34.2 Å². The summed E-state index contributed by atoms with van der Waals surface area (Å²) in [5, 5.41) is 3.06. The van der Waals surface area contributed by atoms with Crippen LogP contribution in [0.25, 0.3) is 0 Å². The Balaban J connectivity index is 1.82. The summed E-state index contributed by atoms with van der Waals surface area (Å²) in [7, 11) is 0. The lowest BCUT2D eigenvalue weighted by molar-refractivity contribution is 0.103. The van der Waals surface area contributed by atoms with Gasteiger partial charge in [0.15, 0.2) is 0 Å². The number of carbonyl (C=O) groups is 1. The van der Waals surface area contributed by atoms with E-state index in [-0.39, 0.29) is 10.7 Å². The van der Waals surface area contributed by atoms with Gasteiger partial charge in [0.05, 0.1) is 4.88 Å². The Labute approximate surface area is 137 Å².